The van der Waals surface area contributed by atoms with Gasteiger partial charge in [0.25, 0.3) is 0 Å². The Morgan fingerprint density at radius 2 is 0.734 bits per heavy atom. The fourth-order valence-electron chi connectivity index (χ4n) is 11.3. The Kier molecular flexibility index (Phi) is 9.24. The summed E-state index contributed by atoms with van der Waals surface area (Å²) in [6.07, 6.45) is 0. The van der Waals surface area contributed by atoms with Gasteiger partial charge in [0.05, 0.1) is 10.8 Å². The van der Waals surface area contributed by atoms with Crippen LogP contribution in [-0.4, -0.2) is 0 Å². The van der Waals surface area contributed by atoms with Crippen molar-refractivity contribution in [2.75, 3.05) is 0 Å². The molecule has 0 spiro atoms. The Morgan fingerprint density at radius 1 is 0.281 bits per heavy atom. The van der Waals surface area contributed by atoms with Gasteiger partial charge in [-0.1, -0.05) is 218 Å². The molecule has 2 aliphatic carbocycles. The van der Waals surface area contributed by atoms with Gasteiger partial charge in [0.1, 0.15) is 0 Å². The van der Waals surface area contributed by atoms with Crippen molar-refractivity contribution < 1.29 is 0 Å². The molecule has 1 atom stereocenters. The summed E-state index contributed by atoms with van der Waals surface area (Å²) in [6.45, 7) is 2.17. The van der Waals surface area contributed by atoms with Crippen molar-refractivity contribution in [1.82, 2.24) is 0 Å². The van der Waals surface area contributed by atoms with E-state index in [9.17, 15) is 0 Å². The van der Waals surface area contributed by atoms with Crippen LogP contribution in [0.1, 0.15) is 50.1 Å². The topological polar surface area (TPSA) is 0 Å². The lowest BCUT2D eigenvalue weighted by Gasteiger charge is -2.35. The number of hydrogen-bond donors (Lipinski definition) is 0. The van der Waals surface area contributed by atoms with Crippen LogP contribution < -0.4 is 0 Å². The molecular formula is C63H43I. The van der Waals surface area contributed by atoms with Crippen LogP contribution in [0.4, 0.5) is 0 Å². The monoisotopic (exact) mass is 926 g/mol. The molecule has 0 bridgehead atoms. The second-order valence-electron chi connectivity index (χ2n) is 17.3. The highest BCUT2D eigenvalue weighted by Gasteiger charge is 2.48. The van der Waals surface area contributed by atoms with Gasteiger partial charge in [-0.2, -0.15) is 0 Å². The number of aryl methyl sites for hydroxylation is 1. The molecule has 0 amide bonds. The van der Waals surface area contributed by atoms with Gasteiger partial charge in [-0.05, 0) is 160 Å². The van der Waals surface area contributed by atoms with E-state index >= 15 is 0 Å². The normalized spacial score (nSPS) is 15.2. The molecule has 0 heterocycles. The lowest BCUT2D eigenvalue weighted by atomic mass is 9.66. The molecule has 302 valence electrons. The van der Waals surface area contributed by atoms with E-state index in [0.29, 0.717) is 0 Å². The van der Waals surface area contributed by atoms with Crippen molar-refractivity contribution in [3.05, 3.63) is 296 Å². The molecule has 0 aliphatic heterocycles. The smallest absolute Gasteiger partial charge is 0.0622 e. The lowest BCUT2D eigenvalue weighted by Crippen LogP contribution is -2.28. The molecule has 12 rings (SSSR count). The van der Waals surface area contributed by atoms with E-state index in [-0.39, 0.29) is 0 Å². The largest absolute Gasteiger partial charge is 0.0714 e. The summed E-state index contributed by atoms with van der Waals surface area (Å²) in [7, 11) is 0. The number of rotatable bonds is 7. The van der Waals surface area contributed by atoms with Crippen molar-refractivity contribution >= 4 is 22.6 Å². The Labute approximate surface area is 389 Å². The minimum Gasteiger partial charge on any atom is -0.0622 e. The van der Waals surface area contributed by atoms with Crippen LogP contribution in [0.5, 0.6) is 0 Å². The predicted octanol–water partition coefficient (Wildman–Crippen LogP) is 16.3. The number of hydrogen-bond acceptors (Lipinski definition) is 0. The van der Waals surface area contributed by atoms with Gasteiger partial charge in [-0.15, -0.1) is 0 Å². The van der Waals surface area contributed by atoms with Gasteiger partial charge in [0, 0.05) is 3.57 Å². The van der Waals surface area contributed by atoms with Crippen molar-refractivity contribution in [2.45, 2.75) is 17.8 Å². The highest BCUT2D eigenvalue weighted by atomic mass is 127. The Balaban J connectivity index is 1.15. The van der Waals surface area contributed by atoms with Crippen LogP contribution in [0, 0.1) is 10.5 Å². The van der Waals surface area contributed by atoms with Crippen molar-refractivity contribution in [3.63, 3.8) is 0 Å². The van der Waals surface area contributed by atoms with Crippen LogP contribution in [0.15, 0.2) is 243 Å². The third-order valence-electron chi connectivity index (χ3n) is 14.0. The quantitative estimate of drug-likeness (QED) is 0.140. The maximum atomic E-state index is 2.53. The standard InChI is InChI=1S/C63H43I/c1-42-31-33-44(34-32-42)55-41-60-56(52-25-11-13-28-57(52)62(60,46-18-5-2-6-19-46)47-20-7-3-8-21-47)40-54(55)45-17-15-24-49(39-45)63(48-22-9-4-10-23-48)58-29-14-12-26-53(58)61-51(27-16-30-59(61)63)43-35-37-50(64)38-36-43/h2-41H,1H3. The van der Waals surface area contributed by atoms with E-state index in [4.69, 9.17) is 0 Å². The average Bonchev–Trinajstić information content (AvgIpc) is 3.83. The lowest BCUT2D eigenvalue weighted by molar-refractivity contribution is 0.768. The van der Waals surface area contributed by atoms with E-state index < -0.39 is 10.8 Å². The first-order chi connectivity index (χ1) is 31.6. The molecule has 0 fully saturated rings. The Hall–Kier alpha value is -7.07. The van der Waals surface area contributed by atoms with Crippen LogP contribution in [-0.2, 0) is 10.8 Å². The summed E-state index contributed by atoms with van der Waals surface area (Å²) in [5.74, 6) is 0. The molecule has 0 N–H and O–H groups in total. The summed E-state index contributed by atoms with van der Waals surface area (Å²) in [6, 6.07) is 91.2. The second-order valence-corrected chi connectivity index (χ2v) is 18.6. The van der Waals surface area contributed by atoms with E-state index in [1.54, 1.807) is 0 Å². The van der Waals surface area contributed by atoms with Crippen LogP contribution in [0.2, 0.25) is 0 Å². The first kappa shape index (κ1) is 38.6. The molecule has 1 heteroatoms. The average molecular weight is 927 g/mol. The van der Waals surface area contributed by atoms with Crippen molar-refractivity contribution in [3.8, 4) is 55.6 Å². The maximum Gasteiger partial charge on any atom is 0.0714 e. The predicted molar refractivity (Wildman–Crippen MR) is 275 cm³/mol. The van der Waals surface area contributed by atoms with E-state index in [0.717, 1.165) is 0 Å². The fraction of sp³-hybridized carbons (Fsp3) is 0.0476. The van der Waals surface area contributed by atoms with Gasteiger partial charge in [0.2, 0.25) is 0 Å². The summed E-state index contributed by atoms with van der Waals surface area (Å²) in [4.78, 5) is 0. The van der Waals surface area contributed by atoms with Crippen LogP contribution in [0.3, 0.4) is 0 Å². The van der Waals surface area contributed by atoms with Gasteiger partial charge >= 0.3 is 0 Å². The summed E-state index contributed by atoms with van der Waals surface area (Å²) >= 11 is 2.41. The third kappa shape index (κ3) is 5.73. The highest BCUT2D eigenvalue weighted by Crippen LogP contribution is 2.60. The van der Waals surface area contributed by atoms with Crippen LogP contribution >= 0.6 is 22.6 Å². The van der Waals surface area contributed by atoms with Gasteiger partial charge in [-0.3, -0.25) is 0 Å². The molecular weight excluding hydrogens is 884 g/mol. The summed E-state index contributed by atoms with van der Waals surface area (Å²) < 4.78 is 1.23. The van der Waals surface area contributed by atoms with Crippen LogP contribution in [0.25, 0.3) is 55.6 Å². The molecule has 0 aromatic heterocycles. The maximum absolute atomic E-state index is 2.53. The first-order valence-electron chi connectivity index (χ1n) is 22.2. The molecule has 0 radical (unpaired) electrons. The Bertz CT molecular complexity index is 3330. The third-order valence-corrected chi connectivity index (χ3v) is 14.7. The fourth-order valence-corrected chi connectivity index (χ4v) is 11.7. The minimum atomic E-state index is -0.564. The number of halogens is 1. The Morgan fingerprint density at radius 3 is 1.38 bits per heavy atom. The van der Waals surface area contributed by atoms with E-state index in [1.165, 1.54) is 109 Å². The molecule has 10 aromatic carbocycles. The van der Waals surface area contributed by atoms with E-state index in [2.05, 4.69) is 272 Å². The molecule has 0 saturated carbocycles. The number of fused-ring (bicyclic) bond motifs is 6. The van der Waals surface area contributed by atoms with Gasteiger partial charge in [0.15, 0.2) is 0 Å². The zero-order valence-corrected chi connectivity index (χ0v) is 37.6. The van der Waals surface area contributed by atoms with Crippen molar-refractivity contribution in [1.29, 1.82) is 0 Å². The first-order valence-corrected chi connectivity index (χ1v) is 23.3. The molecule has 64 heavy (non-hydrogen) atoms. The molecule has 0 nitrogen and oxygen atoms in total. The van der Waals surface area contributed by atoms with Crippen molar-refractivity contribution in [2.24, 2.45) is 0 Å². The second kappa shape index (κ2) is 15.3. The molecule has 10 aromatic rings. The number of benzene rings is 10. The zero-order chi connectivity index (χ0) is 42.8. The highest BCUT2D eigenvalue weighted by molar-refractivity contribution is 14.1. The molecule has 0 saturated heterocycles. The molecule has 2 aliphatic rings. The van der Waals surface area contributed by atoms with Gasteiger partial charge < -0.3 is 0 Å². The molecule has 1 unspecified atom stereocenters. The zero-order valence-electron chi connectivity index (χ0n) is 35.5. The SMILES string of the molecule is Cc1ccc(-c2cc3c(cc2-c2cccc(C4(c5ccccc5)c5ccccc5-c5c(-c6ccc(I)cc6)cccc54)c2)-c2ccccc2C3(c2ccccc2)c2ccccc2)cc1. The minimum absolute atomic E-state index is 0.502. The summed E-state index contributed by atoms with van der Waals surface area (Å²) in [5.41, 5.74) is 22.9. The van der Waals surface area contributed by atoms with Gasteiger partial charge in [-0.25, -0.2) is 0 Å². The summed E-state index contributed by atoms with van der Waals surface area (Å²) in [5, 5.41) is 0. The van der Waals surface area contributed by atoms with E-state index in [1.807, 2.05) is 0 Å².